The summed E-state index contributed by atoms with van der Waals surface area (Å²) >= 11 is 0. The second kappa shape index (κ2) is 59.1. The molecule has 0 saturated carbocycles. The normalized spacial score (nSPS) is 11.3. The Morgan fingerprint density at radius 1 is 0.254 bits per heavy atom. The predicted octanol–water partition coefficient (Wildman–Crippen LogP) is 15.1. The number of carbonyl (C=O) groups excluding carboxylic acids is 12. The van der Waals surface area contributed by atoms with Gasteiger partial charge in [-0.25, -0.2) is 67.3 Å². The molecule has 0 fully saturated rings. The average Bonchev–Trinajstić information content (AvgIpc) is 0.859. The minimum Gasteiger partial charge on any atom is -0.460 e. The van der Waals surface area contributed by atoms with E-state index in [0.717, 1.165) is 86.8 Å². The molecule has 0 spiro atoms. The number of nitrogens with one attached hydrogen (secondary N) is 6. The van der Waals surface area contributed by atoms with Gasteiger partial charge in [0.1, 0.15) is 26.4 Å². The fourth-order valence-electron chi connectivity index (χ4n) is 12.8. The number of unbranched alkanes of at least 4 members (excludes halogenated alkanes) is 13. The lowest BCUT2D eigenvalue weighted by Crippen LogP contribution is -2.53. The summed E-state index contributed by atoms with van der Waals surface area (Å²) in [4.78, 5) is 166. The Morgan fingerprint density at radius 3 is 0.640 bits per heavy atom. The molecule has 0 rings (SSSR count). The first-order valence-electron chi connectivity index (χ1n) is 41.8. The van der Waals surface area contributed by atoms with Crippen molar-refractivity contribution in [1.29, 1.82) is 0 Å². The van der Waals surface area contributed by atoms with Gasteiger partial charge in [-0.3, -0.25) is 0 Å². The zero-order chi connectivity index (χ0) is 86.3. The molecule has 0 aliphatic carbocycles. The summed E-state index contributed by atoms with van der Waals surface area (Å²) in [6.07, 6.45) is 15.2. The van der Waals surface area contributed by atoms with E-state index in [1.165, 1.54) is 0 Å². The molecule has 0 atom stereocenters. The molecule has 0 aromatic rings. The van der Waals surface area contributed by atoms with Gasteiger partial charge in [0.05, 0.1) is 39.4 Å². The van der Waals surface area contributed by atoms with E-state index < -0.39 is 70.3 Å². The van der Waals surface area contributed by atoms with Crippen LogP contribution in [0.15, 0.2) is 48.6 Å². The maximum Gasteiger partial charge on any atom is 0.417 e. The first-order valence-corrected chi connectivity index (χ1v) is 41.8. The van der Waals surface area contributed by atoms with Gasteiger partial charge in [0.25, 0.3) is 0 Å². The molecule has 0 aromatic heterocycles. The van der Waals surface area contributed by atoms with Crippen molar-refractivity contribution in [3.63, 3.8) is 0 Å². The van der Waals surface area contributed by atoms with E-state index in [1.54, 1.807) is 47.3 Å². The van der Waals surface area contributed by atoms with Gasteiger partial charge >= 0.3 is 72.3 Å². The van der Waals surface area contributed by atoms with Crippen LogP contribution in [-0.4, -0.2) is 242 Å². The number of hydrogen-bond acceptors (Lipinski definition) is 18. The topological polar surface area (TPSA) is 352 Å². The molecule has 114 heavy (non-hydrogen) atoms. The summed E-state index contributed by atoms with van der Waals surface area (Å²) in [6, 6.07) is -2.36. The molecule has 0 saturated heterocycles. The third-order valence-electron chi connectivity index (χ3n) is 19.3. The highest BCUT2D eigenvalue weighted by atomic mass is 16.6. The van der Waals surface area contributed by atoms with Crippen LogP contribution in [-0.2, 0) is 47.6 Å². The molecule has 0 heterocycles. The summed E-state index contributed by atoms with van der Waals surface area (Å²) in [5, 5.41) is 17.7. The van der Waals surface area contributed by atoms with E-state index in [0.29, 0.717) is 103 Å². The van der Waals surface area contributed by atoms with Crippen molar-refractivity contribution in [3.8, 4) is 0 Å². The molecular formula is C84H150N12O18. The van der Waals surface area contributed by atoms with E-state index in [4.69, 9.17) is 28.4 Å². The van der Waals surface area contributed by atoms with Crippen LogP contribution in [0.3, 0.4) is 0 Å². The van der Waals surface area contributed by atoms with Crippen LogP contribution in [0.4, 0.5) is 38.4 Å². The predicted molar refractivity (Wildman–Crippen MR) is 445 cm³/mol. The van der Waals surface area contributed by atoms with Gasteiger partial charge in [0, 0.05) is 96.8 Å². The van der Waals surface area contributed by atoms with Gasteiger partial charge in [-0.1, -0.05) is 131 Å². The number of rotatable bonds is 61. The molecule has 14 amide bonds. The standard InChI is InChI=1S/C84H150N12O18/c1-21-43-81(13,14)93(55-61-109-69(97)65(5)6)75(103)87-49-35-27-25-33-47-85-73(101)91(53-39-31-29-37-51-89-77(105)95(83(17,18)45-23-3)57-63-111-71(99)67(9)10)79(107)113-59-41-42-60-114-80(108)92(54-40-32-30-38-52-90-78(106)96(84(19,20)46-24-4)58-64-112-72(100)68(11)12)74(102)86-48-34-26-28-36-50-88-76(104)94(82(15,16)44-22-2)56-62-110-70(98)66(7)8/h5,7,9,11,21-64H2,1-4,6,8,10,12-20H3,(H,85,101)(H,86,102)(H,87,103)(H,88,104)(H,89,105)(H,90,106). The highest BCUT2D eigenvalue weighted by molar-refractivity contribution is 5.92. The minimum atomic E-state index is -0.860. The Balaban J connectivity index is 6.14. The minimum absolute atomic E-state index is 0.0162. The molecule has 30 nitrogen and oxygen atoms in total. The Kier molecular flexibility index (Phi) is 54.7. The molecule has 0 unspecified atom stereocenters. The molecule has 0 aromatic carbocycles. The van der Waals surface area contributed by atoms with Crippen LogP contribution in [0.2, 0.25) is 0 Å². The number of ether oxygens (including phenoxy) is 6. The van der Waals surface area contributed by atoms with Crippen LogP contribution >= 0.6 is 0 Å². The van der Waals surface area contributed by atoms with Gasteiger partial charge in [0.15, 0.2) is 0 Å². The SMILES string of the molecule is C=C(C)C(=O)OCCN(C(=O)NCCCCCCNC(=O)N(CCCCCCNC(=O)N(CCOC(=O)C(=C)C)C(C)(C)CCC)C(=O)OCCCCOC(=O)N(CCCCCCNC(=O)N(CCOC(=O)C(=C)C)C(C)(C)CCC)C(=O)NCCCCCCNC(=O)N(CCOC(=O)C(=C)C)C(C)(C)CCC)C(C)(C)CCC. The summed E-state index contributed by atoms with van der Waals surface area (Å²) in [7, 11) is 0. The zero-order valence-electron chi connectivity index (χ0n) is 73.0. The number of hydrogen-bond donors (Lipinski definition) is 6. The van der Waals surface area contributed by atoms with Crippen molar-refractivity contribution < 1.29 is 86.0 Å². The van der Waals surface area contributed by atoms with Crippen LogP contribution < -0.4 is 31.9 Å². The fourth-order valence-corrected chi connectivity index (χ4v) is 12.8. The summed E-state index contributed by atoms with van der Waals surface area (Å²) in [5.74, 6) is -2.09. The molecule has 0 radical (unpaired) electrons. The molecule has 654 valence electrons. The lowest BCUT2D eigenvalue weighted by Gasteiger charge is -2.38. The number of amides is 14. The van der Waals surface area contributed by atoms with E-state index in [9.17, 15) is 57.5 Å². The number of esters is 4. The third-order valence-corrected chi connectivity index (χ3v) is 19.3. The largest absolute Gasteiger partial charge is 0.460 e. The Hall–Kier alpha value is -8.60. The maximum atomic E-state index is 13.8. The number of urea groups is 6. The monoisotopic (exact) mass is 1620 g/mol. The first-order chi connectivity index (χ1) is 53.8. The van der Waals surface area contributed by atoms with Crippen LogP contribution in [0.5, 0.6) is 0 Å². The second-order valence-corrected chi connectivity index (χ2v) is 31.8. The molecule has 0 aliphatic rings. The third kappa shape index (κ3) is 45.5. The van der Waals surface area contributed by atoms with Crippen molar-refractivity contribution in [3.05, 3.63) is 48.6 Å². The van der Waals surface area contributed by atoms with Crippen LogP contribution in [0, 0.1) is 0 Å². The van der Waals surface area contributed by atoms with Gasteiger partial charge < -0.3 is 79.9 Å². The molecular weight excluding hydrogens is 1460 g/mol. The van der Waals surface area contributed by atoms with Gasteiger partial charge in [-0.15, -0.1) is 0 Å². The Bertz CT molecular complexity index is 2800. The van der Waals surface area contributed by atoms with Crippen molar-refractivity contribution in [2.75, 3.05) is 118 Å². The van der Waals surface area contributed by atoms with Gasteiger partial charge in [-0.2, -0.15) is 0 Å². The quantitative estimate of drug-likeness (QED) is 0.0143. The van der Waals surface area contributed by atoms with E-state index in [2.05, 4.69) is 58.2 Å². The van der Waals surface area contributed by atoms with Crippen LogP contribution in [0.1, 0.15) is 278 Å². The average molecular weight is 1620 g/mol. The second-order valence-electron chi connectivity index (χ2n) is 31.8. The highest BCUT2D eigenvalue weighted by Gasteiger charge is 2.35. The number of carbonyl (C=O) groups is 12. The summed E-state index contributed by atoms with van der Waals surface area (Å²) < 4.78 is 32.5. The van der Waals surface area contributed by atoms with Crippen molar-refractivity contribution >= 4 is 72.3 Å². The lowest BCUT2D eigenvalue weighted by molar-refractivity contribution is -0.140. The Labute approximate surface area is 683 Å². The number of imide groups is 2. The molecule has 6 N–H and O–H groups in total. The van der Waals surface area contributed by atoms with Gasteiger partial charge in [-0.05, 0) is 173 Å². The van der Waals surface area contributed by atoms with Crippen LogP contribution in [0.25, 0.3) is 0 Å². The first kappa shape index (κ1) is 105. The zero-order valence-corrected chi connectivity index (χ0v) is 73.0. The van der Waals surface area contributed by atoms with E-state index in [1.807, 2.05) is 83.1 Å². The van der Waals surface area contributed by atoms with E-state index in [-0.39, 0.29) is 151 Å². The molecule has 0 bridgehead atoms. The highest BCUT2D eigenvalue weighted by Crippen LogP contribution is 2.25. The summed E-state index contributed by atoms with van der Waals surface area (Å²) in [5.41, 5.74) is -0.915. The number of nitrogens with zero attached hydrogens (tertiary/aromatic N) is 6. The fraction of sp³-hybridized carbons (Fsp3) is 0.762. The summed E-state index contributed by atoms with van der Waals surface area (Å²) in [6.45, 7) is 47.5. The van der Waals surface area contributed by atoms with Crippen molar-refractivity contribution in [1.82, 2.24) is 61.3 Å². The molecule has 0 aliphatic heterocycles. The lowest BCUT2D eigenvalue weighted by atomic mass is 9.96. The smallest absolute Gasteiger partial charge is 0.417 e. The maximum absolute atomic E-state index is 13.8. The Morgan fingerprint density at radius 2 is 0.447 bits per heavy atom. The van der Waals surface area contributed by atoms with E-state index >= 15 is 0 Å². The molecule has 30 heteroatoms. The van der Waals surface area contributed by atoms with Gasteiger partial charge in [0.2, 0.25) is 0 Å². The van der Waals surface area contributed by atoms with Crippen molar-refractivity contribution in [2.45, 2.75) is 300 Å². The van der Waals surface area contributed by atoms with Crippen molar-refractivity contribution in [2.24, 2.45) is 0 Å².